The van der Waals surface area contributed by atoms with E-state index in [9.17, 15) is 9.18 Å². The van der Waals surface area contributed by atoms with Crippen LogP contribution in [0.5, 0.6) is 0 Å². The second kappa shape index (κ2) is 5.52. The summed E-state index contributed by atoms with van der Waals surface area (Å²) in [5, 5.41) is 0. The Balaban J connectivity index is 1.84. The molecule has 5 heteroatoms. The van der Waals surface area contributed by atoms with Crippen LogP contribution in [0.15, 0.2) is 42.5 Å². The number of carbonyl (C=O) groups is 1. The van der Waals surface area contributed by atoms with Crippen LogP contribution in [0.2, 0.25) is 0 Å². The third kappa shape index (κ3) is 2.86. The molecule has 1 aliphatic heterocycles. The molecule has 1 aromatic carbocycles. The van der Waals surface area contributed by atoms with Crippen LogP contribution in [0.1, 0.15) is 6.42 Å². The lowest BCUT2D eigenvalue weighted by Gasteiger charge is -2.17. The summed E-state index contributed by atoms with van der Waals surface area (Å²) in [6, 6.07) is 12.0. The Hall–Kier alpha value is -2.43. The Kier molecular flexibility index (Phi) is 3.56. The van der Waals surface area contributed by atoms with E-state index >= 15 is 0 Å². The smallest absolute Gasteiger partial charge is 0.222 e. The molecule has 1 unspecified atom stereocenters. The predicted molar refractivity (Wildman–Crippen MR) is 79.1 cm³/mol. The van der Waals surface area contributed by atoms with Gasteiger partial charge in [0.2, 0.25) is 5.91 Å². The van der Waals surface area contributed by atoms with E-state index in [0.717, 1.165) is 30.0 Å². The third-order valence-corrected chi connectivity index (χ3v) is 3.79. The largest absolute Gasteiger partial charge is 0.369 e. The minimum atomic E-state index is -0.265. The normalized spacial score (nSPS) is 18.0. The standard InChI is InChI=1S/C16H16FN3O/c17-13-6-4-11(5-7-13)14-2-1-3-15(19-14)20-9-8-12(10-20)16(18)21/h1-7,12H,8-10H2,(H2,18,21). The van der Waals surface area contributed by atoms with E-state index in [1.165, 1.54) is 12.1 Å². The Morgan fingerprint density at radius 2 is 2.00 bits per heavy atom. The Bertz CT molecular complexity index is 657. The lowest BCUT2D eigenvalue weighted by atomic mass is 10.1. The van der Waals surface area contributed by atoms with Crippen LogP contribution in [0.4, 0.5) is 10.2 Å². The summed E-state index contributed by atoms with van der Waals surface area (Å²) in [6.07, 6.45) is 0.762. The Morgan fingerprint density at radius 3 is 2.67 bits per heavy atom. The van der Waals surface area contributed by atoms with Crippen LogP contribution in [-0.2, 0) is 4.79 Å². The van der Waals surface area contributed by atoms with Crippen molar-refractivity contribution in [3.63, 3.8) is 0 Å². The molecule has 3 rings (SSSR count). The molecule has 1 amide bonds. The first-order chi connectivity index (χ1) is 10.1. The zero-order valence-electron chi connectivity index (χ0n) is 11.5. The molecular weight excluding hydrogens is 269 g/mol. The van der Waals surface area contributed by atoms with Gasteiger partial charge in [-0.05, 0) is 42.8 Å². The molecule has 0 aliphatic carbocycles. The van der Waals surface area contributed by atoms with Crippen molar-refractivity contribution in [2.75, 3.05) is 18.0 Å². The molecule has 4 nitrogen and oxygen atoms in total. The van der Waals surface area contributed by atoms with Gasteiger partial charge in [0.15, 0.2) is 0 Å². The van der Waals surface area contributed by atoms with E-state index in [0.29, 0.717) is 6.54 Å². The maximum absolute atomic E-state index is 13.0. The number of anilines is 1. The van der Waals surface area contributed by atoms with Crippen molar-refractivity contribution in [2.45, 2.75) is 6.42 Å². The van der Waals surface area contributed by atoms with Gasteiger partial charge in [0, 0.05) is 18.7 Å². The van der Waals surface area contributed by atoms with E-state index < -0.39 is 0 Å². The number of amides is 1. The number of pyridine rings is 1. The first-order valence-corrected chi connectivity index (χ1v) is 6.91. The van der Waals surface area contributed by atoms with Crippen LogP contribution >= 0.6 is 0 Å². The average molecular weight is 285 g/mol. The van der Waals surface area contributed by atoms with Crippen LogP contribution < -0.4 is 10.6 Å². The molecule has 1 aromatic heterocycles. The van der Waals surface area contributed by atoms with Gasteiger partial charge < -0.3 is 10.6 Å². The van der Waals surface area contributed by atoms with Gasteiger partial charge in [0.1, 0.15) is 11.6 Å². The number of hydrogen-bond acceptors (Lipinski definition) is 3. The van der Waals surface area contributed by atoms with Gasteiger partial charge in [-0.1, -0.05) is 6.07 Å². The summed E-state index contributed by atoms with van der Waals surface area (Å²) in [6.45, 7) is 1.38. The van der Waals surface area contributed by atoms with Crippen molar-refractivity contribution in [1.82, 2.24) is 4.98 Å². The van der Waals surface area contributed by atoms with Crippen molar-refractivity contribution in [3.8, 4) is 11.3 Å². The van der Waals surface area contributed by atoms with E-state index in [4.69, 9.17) is 5.73 Å². The molecule has 2 aromatic rings. The highest BCUT2D eigenvalue weighted by Crippen LogP contribution is 2.25. The summed E-state index contributed by atoms with van der Waals surface area (Å²) in [7, 11) is 0. The predicted octanol–water partition coefficient (Wildman–Crippen LogP) is 2.20. The number of rotatable bonds is 3. The number of nitrogens with zero attached hydrogens (tertiary/aromatic N) is 2. The van der Waals surface area contributed by atoms with E-state index in [1.54, 1.807) is 12.1 Å². The highest BCUT2D eigenvalue weighted by atomic mass is 19.1. The second-order valence-corrected chi connectivity index (χ2v) is 5.22. The number of aromatic nitrogens is 1. The second-order valence-electron chi connectivity index (χ2n) is 5.22. The third-order valence-electron chi connectivity index (χ3n) is 3.79. The van der Waals surface area contributed by atoms with Gasteiger partial charge >= 0.3 is 0 Å². The number of benzene rings is 1. The topological polar surface area (TPSA) is 59.2 Å². The van der Waals surface area contributed by atoms with Gasteiger partial charge in [0.25, 0.3) is 0 Å². The molecule has 1 aliphatic rings. The summed E-state index contributed by atoms with van der Waals surface area (Å²) in [4.78, 5) is 17.9. The SMILES string of the molecule is NC(=O)C1CCN(c2cccc(-c3ccc(F)cc3)n2)C1. The number of nitrogens with two attached hydrogens (primary N) is 1. The average Bonchev–Trinajstić information content (AvgIpc) is 2.98. The fourth-order valence-corrected chi connectivity index (χ4v) is 2.58. The highest BCUT2D eigenvalue weighted by Gasteiger charge is 2.27. The summed E-state index contributed by atoms with van der Waals surface area (Å²) < 4.78 is 13.0. The lowest BCUT2D eigenvalue weighted by Crippen LogP contribution is -2.27. The minimum absolute atomic E-state index is 0.110. The summed E-state index contributed by atoms with van der Waals surface area (Å²) in [5.41, 5.74) is 7.00. The molecule has 0 bridgehead atoms. The van der Waals surface area contributed by atoms with Gasteiger partial charge in [-0.15, -0.1) is 0 Å². The van der Waals surface area contributed by atoms with Gasteiger partial charge in [-0.2, -0.15) is 0 Å². The molecular formula is C16H16FN3O. The zero-order chi connectivity index (χ0) is 14.8. The summed E-state index contributed by atoms with van der Waals surface area (Å²) in [5.74, 6) is 0.188. The first-order valence-electron chi connectivity index (χ1n) is 6.91. The summed E-state index contributed by atoms with van der Waals surface area (Å²) >= 11 is 0. The number of halogens is 1. The molecule has 0 saturated carbocycles. The Morgan fingerprint density at radius 1 is 1.24 bits per heavy atom. The van der Waals surface area contributed by atoms with Gasteiger partial charge in [-0.25, -0.2) is 9.37 Å². The van der Waals surface area contributed by atoms with Crippen LogP contribution in [-0.4, -0.2) is 24.0 Å². The van der Waals surface area contributed by atoms with Crippen LogP contribution in [0.25, 0.3) is 11.3 Å². The highest BCUT2D eigenvalue weighted by molar-refractivity contribution is 5.78. The monoisotopic (exact) mass is 285 g/mol. The maximum Gasteiger partial charge on any atom is 0.222 e. The lowest BCUT2D eigenvalue weighted by molar-refractivity contribution is -0.121. The van der Waals surface area contributed by atoms with Crippen molar-refractivity contribution >= 4 is 11.7 Å². The molecule has 108 valence electrons. The van der Waals surface area contributed by atoms with Gasteiger partial charge in [-0.3, -0.25) is 4.79 Å². The van der Waals surface area contributed by atoms with E-state index in [2.05, 4.69) is 9.88 Å². The molecule has 0 spiro atoms. The number of primary amides is 1. The zero-order valence-corrected chi connectivity index (χ0v) is 11.5. The first kappa shape index (κ1) is 13.5. The molecule has 1 atom stereocenters. The van der Waals surface area contributed by atoms with E-state index in [1.807, 2.05) is 18.2 Å². The van der Waals surface area contributed by atoms with Crippen molar-refractivity contribution in [1.29, 1.82) is 0 Å². The Labute approximate surface area is 122 Å². The van der Waals surface area contributed by atoms with Crippen molar-refractivity contribution in [2.24, 2.45) is 11.7 Å². The molecule has 0 radical (unpaired) electrons. The van der Waals surface area contributed by atoms with Crippen molar-refractivity contribution < 1.29 is 9.18 Å². The number of hydrogen-bond donors (Lipinski definition) is 1. The molecule has 1 saturated heterocycles. The fraction of sp³-hybridized carbons (Fsp3) is 0.250. The van der Waals surface area contributed by atoms with Crippen LogP contribution in [0, 0.1) is 11.7 Å². The van der Waals surface area contributed by atoms with Gasteiger partial charge in [0.05, 0.1) is 11.6 Å². The van der Waals surface area contributed by atoms with E-state index in [-0.39, 0.29) is 17.6 Å². The fourth-order valence-electron chi connectivity index (χ4n) is 2.58. The maximum atomic E-state index is 13.0. The quantitative estimate of drug-likeness (QED) is 0.940. The molecule has 1 fully saturated rings. The number of carbonyl (C=O) groups excluding carboxylic acids is 1. The van der Waals surface area contributed by atoms with Crippen molar-refractivity contribution in [3.05, 3.63) is 48.3 Å². The molecule has 2 heterocycles. The molecule has 2 N–H and O–H groups in total. The van der Waals surface area contributed by atoms with Crippen LogP contribution in [0.3, 0.4) is 0 Å². The minimum Gasteiger partial charge on any atom is -0.369 e. The molecule has 21 heavy (non-hydrogen) atoms.